The number of amides is 1. The van der Waals surface area contributed by atoms with Gasteiger partial charge in [-0.25, -0.2) is 4.98 Å². The third-order valence-electron chi connectivity index (χ3n) is 4.90. The van der Waals surface area contributed by atoms with E-state index in [4.69, 9.17) is 4.74 Å². The highest BCUT2D eigenvalue weighted by molar-refractivity contribution is 5.91. The van der Waals surface area contributed by atoms with Gasteiger partial charge in [-0.15, -0.1) is 0 Å². The quantitative estimate of drug-likeness (QED) is 0.497. The Morgan fingerprint density at radius 3 is 2.42 bits per heavy atom. The number of carbonyl (C=O) groups is 1. The number of nitrogens with zero attached hydrogens (tertiary/aromatic N) is 2. The van der Waals surface area contributed by atoms with Crippen LogP contribution in [0.5, 0.6) is 5.75 Å². The minimum Gasteiger partial charge on any atom is -0.494 e. The smallest absolute Gasteiger partial charge is 0.261 e. The molecule has 4 aromatic rings. The summed E-state index contributed by atoms with van der Waals surface area (Å²) in [5, 5.41) is 3.34. The lowest BCUT2D eigenvalue weighted by Crippen LogP contribution is -2.31. The molecule has 1 heterocycles. The number of benzene rings is 3. The fourth-order valence-corrected chi connectivity index (χ4v) is 3.44. The molecule has 0 bridgehead atoms. The predicted molar refractivity (Wildman–Crippen MR) is 121 cm³/mol. The minimum atomic E-state index is -0.294. The van der Waals surface area contributed by atoms with Crippen molar-refractivity contribution >= 4 is 22.5 Å². The Morgan fingerprint density at radius 1 is 0.968 bits per heavy atom. The van der Waals surface area contributed by atoms with E-state index in [1.54, 1.807) is 36.4 Å². The first-order valence-corrected chi connectivity index (χ1v) is 10.2. The van der Waals surface area contributed by atoms with Crippen LogP contribution in [0, 0.1) is 0 Å². The lowest BCUT2D eigenvalue weighted by atomic mass is 10.1. The van der Waals surface area contributed by atoms with E-state index in [9.17, 15) is 9.59 Å². The van der Waals surface area contributed by atoms with Crippen LogP contribution in [0.2, 0.25) is 0 Å². The SMILES string of the molecule is CCOc1ccc(NC(=O)Cn2c(Cc3ccccc3)nc3ccccc3c2=O)cc1. The summed E-state index contributed by atoms with van der Waals surface area (Å²) in [4.78, 5) is 30.6. The van der Waals surface area contributed by atoms with Crippen LogP contribution >= 0.6 is 0 Å². The molecule has 31 heavy (non-hydrogen) atoms. The van der Waals surface area contributed by atoms with Crippen molar-refractivity contribution < 1.29 is 9.53 Å². The van der Waals surface area contributed by atoms with Gasteiger partial charge in [-0.3, -0.25) is 14.2 Å². The maximum Gasteiger partial charge on any atom is 0.261 e. The van der Waals surface area contributed by atoms with Gasteiger partial charge in [0.05, 0.1) is 17.5 Å². The van der Waals surface area contributed by atoms with E-state index >= 15 is 0 Å². The molecule has 6 nitrogen and oxygen atoms in total. The van der Waals surface area contributed by atoms with Crippen molar-refractivity contribution in [1.29, 1.82) is 0 Å². The van der Waals surface area contributed by atoms with E-state index in [1.807, 2.05) is 49.4 Å². The summed E-state index contributed by atoms with van der Waals surface area (Å²) < 4.78 is 6.88. The summed E-state index contributed by atoms with van der Waals surface area (Å²) in [5.41, 5.74) is 2.06. The topological polar surface area (TPSA) is 73.2 Å². The molecule has 1 aromatic heterocycles. The molecule has 0 fully saturated rings. The van der Waals surface area contributed by atoms with Crippen molar-refractivity contribution in [3.8, 4) is 5.75 Å². The second kappa shape index (κ2) is 9.26. The molecule has 0 aliphatic rings. The number of carbonyl (C=O) groups excluding carboxylic acids is 1. The number of anilines is 1. The number of para-hydroxylation sites is 1. The molecule has 0 aliphatic carbocycles. The van der Waals surface area contributed by atoms with E-state index in [1.165, 1.54) is 4.57 Å². The Hall–Kier alpha value is -3.93. The number of hydrogen-bond donors (Lipinski definition) is 1. The van der Waals surface area contributed by atoms with Crippen LogP contribution in [0.3, 0.4) is 0 Å². The van der Waals surface area contributed by atoms with Crippen LogP contribution in [0.1, 0.15) is 18.3 Å². The number of ether oxygens (including phenoxy) is 1. The lowest BCUT2D eigenvalue weighted by Gasteiger charge is -2.14. The largest absolute Gasteiger partial charge is 0.494 e. The number of aromatic nitrogens is 2. The van der Waals surface area contributed by atoms with Gasteiger partial charge in [0.2, 0.25) is 5.91 Å². The monoisotopic (exact) mass is 413 g/mol. The van der Waals surface area contributed by atoms with Crippen LogP contribution < -0.4 is 15.6 Å². The van der Waals surface area contributed by atoms with Gasteiger partial charge in [0.25, 0.3) is 5.56 Å². The fourth-order valence-electron chi connectivity index (χ4n) is 3.44. The molecule has 0 unspecified atom stereocenters. The maximum atomic E-state index is 13.2. The number of nitrogens with one attached hydrogen (secondary N) is 1. The third kappa shape index (κ3) is 4.80. The molecule has 4 rings (SSSR count). The molecule has 0 atom stereocenters. The van der Waals surface area contributed by atoms with E-state index in [2.05, 4.69) is 10.3 Å². The zero-order valence-corrected chi connectivity index (χ0v) is 17.2. The van der Waals surface area contributed by atoms with Crippen molar-refractivity contribution in [2.45, 2.75) is 19.9 Å². The van der Waals surface area contributed by atoms with E-state index in [-0.39, 0.29) is 18.0 Å². The van der Waals surface area contributed by atoms with Crippen LogP contribution in [0.4, 0.5) is 5.69 Å². The first kappa shape index (κ1) is 20.3. The molecule has 0 radical (unpaired) electrons. The van der Waals surface area contributed by atoms with Crippen molar-refractivity contribution in [2.75, 3.05) is 11.9 Å². The standard InChI is InChI=1S/C25H23N3O3/c1-2-31-20-14-12-19(13-15-20)26-24(29)17-28-23(16-18-8-4-3-5-9-18)27-22-11-7-6-10-21(22)25(28)30/h3-15H,2,16-17H2,1H3,(H,26,29). The van der Waals surface area contributed by atoms with Crippen LogP contribution in [0.15, 0.2) is 83.7 Å². The molecule has 0 aliphatic heterocycles. The summed E-state index contributed by atoms with van der Waals surface area (Å²) in [6, 6.07) is 24.1. The number of hydrogen-bond acceptors (Lipinski definition) is 4. The van der Waals surface area contributed by atoms with Crippen LogP contribution in [-0.2, 0) is 17.8 Å². The van der Waals surface area contributed by atoms with Gasteiger partial charge in [-0.1, -0.05) is 42.5 Å². The first-order chi connectivity index (χ1) is 15.1. The van der Waals surface area contributed by atoms with Gasteiger partial charge < -0.3 is 10.1 Å². The molecule has 156 valence electrons. The van der Waals surface area contributed by atoms with Gasteiger partial charge in [-0.05, 0) is 48.9 Å². The second-order valence-corrected chi connectivity index (χ2v) is 7.10. The maximum absolute atomic E-state index is 13.2. The summed E-state index contributed by atoms with van der Waals surface area (Å²) in [6.07, 6.45) is 0.456. The van der Waals surface area contributed by atoms with Crippen LogP contribution in [0.25, 0.3) is 10.9 Å². The van der Waals surface area contributed by atoms with Crippen molar-refractivity contribution in [3.63, 3.8) is 0 Å². The van der Waals surface area contributed by atoms with Gasteiger partial charge in [0.15, 0.2) is 0 Å². The van der Waals surface area contributed by atoms with Crippen molar-refractivity contribution in [1.82, 2.24) is 9.55 Å². The molecule has 0 spiro atoms. The van der Waals surface area contributed by atoms with E-state index < -0.39 is 0 Å². The average Bonchev–Trinajstić information content (AvgIpc) is 2.79. The Morgan fingerprint density at radius 2 is 1.68 bits per heavy atom. The van der Waals surface area contributed by atoms with E-state index in [0.717, 1.165) is 11.3 Å². The highest BCUT2D eigenvalue weighted by atomic mass is 16.5. The van der Waals surface area contributed by atoms with Gasteiger partial charge in [-0.2, -0.15) is 0 Å². The Kier molecular flexibility index (Phi) is 6.08. The normalized spacial score (nSPS) is 10.7. The van der Waals surface area contributed by atoms with Crippen molar-refractivity contribution in [3.05, 3.63) is 101 Å². The van der Waals surface area contributed by atoms with Crippen LogP contribution in [-0.4, -0.2) is 22.1 Å². The second-order valence-electron chi connectivity index (χ2n) is 7.10. The first-order valence-electron chi connectivity index (χ1n) is 10.2. The Labute approximate surface area is 180 Å². The summed E-state index contributed by atoms with van der Waals surface area (Å²) in [6.45, 7) is 2.37. The molecular weight excluding hydrogens is 390 g/mol. The van der Waals surface area contributed by atoms with Gasteiger partial charge >= 0.3 is 0 Å². The third-order valence-corrected chi connectivity index (χ3v) is 4.90. The van der Waals surface area contributed by atoms with E-state index in [0.29, 0.717) is 35.4 Å². The molecule has 3 aromatic carbocycles. The molecule has 0 saturated heterocycles. The molecule has 6 heteroatoms. The number of fused-ring (bicyclic) bond motifs is 1. The highest BCUT2D eigenvalue weighted by Crippen LogP contribution is 2.16. The number of rotatable bonds is 7. The molecular formula is C25H23N3O3. The summed E-state index contributed by atoms with van der Waals surface area (Å²) >= 11 is 0. The van der Waals surface area contributed by atoms with Gasteiger partial charge in [0.1, 0.15) is 18.1 Å². The molecule has 0 saturated carbocycles. The predicted octanol–water partition coefficient (Wildman–Crippen LogP) is 4.02. The highest BCUT2D eigenvalue weighted by Gasteiger charge is 2.14. The summed E-state index contributed by atoms with van der Waals surface area (Å²) in [7, 11) is 0. The molecule has 1 amide bonds. The average molecular weight is 413 g/mol. The lowest BCUT2D eigenvalue weighted by molar-refractivity contribution is -0.116. The fraction of sp³-hybridized carbons (Fsp3) is 0.160. The molecule has 1 N–H and O–H groups in total. The Balaban J connectivity index is 1.63. The summed E-state index contributed by atoms with van der Waals surface area (Å²) in [5.74, 6) is 0.995. The zero-order valence-electron chi connectivity index (χ0n) is 17.2. The minimum absolute atomic E-state index is 0.119. The zero-order chi connectivity index (χ0) is 21.6. The van der Waals surface area contributed by atoms with Gasteiger partial charge in [0, 0.05) is 12.1 Å². The Bertz CT molecular complexity index is 1250. The van der Waals surface area contributed by atoms with Crippen molar-refractivity contribution in [2.24, 2.45) is 0 Å².